The van der Waals surface area contributed by atoms with Crippen LogP contribution in [0.15, 0.2) is 54.6 Å². The zero-order valence-corrected chi connectivity index (χ0v) is 21.7. The van der Waals surface area contributed by atoms with E-state index in [0.29, 0.717) is 34.6 Å². The van der Waals surface area contributed by atoms with E-state index in [1.807, 2.05) is 23.1 Å². The number of fused-ring (bicyclic) bond motifs is 4. The summed E-state index contributed by atoms with van der Waals surface area (Å²) in [4.78, 5) is 26.4. The normalized spacial score (nSPS) is 16.3. The third kappa shape index (κ3) is 5.20. The standard InChI is InChI=1S/C27H26N2O8S/c1-35-25-14-23-19(7-8-21-12-20-5-3-4-6-24(20)28(21)27(23)30)13-26(25)36-15-17-9-18(16-37-38(2,33)34)11-22(10-17)29(31)32/h3-6,9-11,13-14,21H,7-8,12,15-16H2,1-2H3/t21-/m1/s1. The van der Waals surface area contributed by atoms with E-state index in [0.717, 1.165) is 30.3 Å². The fourth-order valence-corrected chi connectivity index (χ4v) is 5.40. The Balaban J connectivity index is 1.41. The Morgan fingerprint density at radius 2 is 1.76 bits per heavy atom. The van der Waals surface area contributed by atoms with Crippen molar-refractivity contribution in [3.8, 4) is 11.5 Å². The van der Waals surface area contributed by atoms with Gasteiger partial charge in [-0.3, -0.25) is 19.1 Å². The predicted octanol–water partition coefficient (Wildman–Crippen LogP) is 4.18. The maximum Gasteiger partial charge on any atom is 0.270 e. The minimum Gasteiger partial charge on any atom is -0.493 e. The number of rotatable bonds is 8. The highest BCUT2D eigenvalue weighted by Gasteiger charge is 2.37. The Morgan fingerprint density at radius 3 is 2.47 bits per heavy atom. The maximum atomic E-state index is 13.6. The molecule has 1 atom stereocenters. The molecule has 0 aromatic heterocycles. The first-order chi connectivity index (χ1) is 18.1. The number of para-hydroxylation sites is 1. The summed E-state index contributed by atoms with van der Waals surface area (Å²) < 4.78 is 39.1. The first-order valence-corrected chi connectivity index (χ1v) is 13.8. The number of hydrogen-bond acceptors (Lipinski definition) is 8. The molecule has 1 amide bonds. The SMILES string of the molecule is COc1cc2c(cc1OCc1cc(COS(C)(=O)=O)cc([N+](=O)[O-])c1)CC[C@@H]1Cc3ccccc3N1C2=O. The van der Waals surface area contributed by atoms with Gasteiger partial charge in [-0.15, -0.1) is 0 Å². The summed E-state index contributed by atoms with van der Waals surface area (Å²) in [5, 5.41) is 11.4. The van der Waals surface area contributed by atoms with Crippen LogP contribution in [0.4, 0.5) is 11.4 Å². The molecule has 0 bridgehead atoms. The number of nitro benzene ring substituents is 1. The summed E-state index contributed by atoms with van der Waals surface area (Å²) in [5.41, 5.74) is 4.08. The van der Waals surface area contributed by atoms with Crippen LogP contribution in [0.2, 0.25) is 0 Å². The second-order valence-corrected chi connectivity index (χ2v) is 11.0. The highest BCUT2D eigenvalue weighted by Crippen LogP contribution is 2.40. The Hall–Kier alpha value is -3.96. The van der Waals surface area contributed by atoms with Crippen molar-refractivity contribution in [1.82, 2.24) is 0 Å². The summed E-state index contributed by atoms with van der Waals surface area (Å²) in [5.74, 6) is 0.697. The van der Waals surface area contributed by atoms with Crippen molar-refractivity contribution in [2.24, 2.45) is 0 Å². The van der Waals surface area contributed by atoms with Crippen LogP contribution in [-0.2, 0) is 40.4 Å². The average molecular weight is 539 g/mol. The zero-order valence-electron chi connectivity index (χ0n) is 20.9. The van der Waals surface area contributed by atoms with Gasteiger partial charge in [-0.25, -0.2) is 0 Å². The largest absolute Gasteiger partial charge is 0.493 e. The number of non-ortho nitro benzene ring substituents is 1. The van der Waals surface area contributed by atoms with Crippen molar-refractivity contribution < 1.29 is 31.8 Å². The van der Waals surface area contributed by atoms with E-state index < -0.39 is 15.0 Å². The highest BCUT2D eigenvalue weighted by atomic mass is 32.2. The molecule has 11 heteroatoms. The van der Waals surface area contributed by atoms with Gasteiger partial charge in [0.1, 0.15) is 6.61 Å². The minimum atomic E-state index is -3.72. The molecule has 0 unspecified atom stereocenters. The van der Waals surface area contributed by atoms with Crippen LogP contribution in [0.5, 0.6) is 11.5 Å². The van der Waals surface area contributed by atoms with E-state index in [4.69, 9.17) is 13.7 Å². The monoisotopic (exact) mass is 538 g/mol. The summed E-state index contributed by atoms with van der Waals surface area (Å²) in [6.45, 7) is -0.378. The molecule has 0 spiro atoms. The number of benzene rings is 3. The summed E-state index contributed by atoms with van der Waals surface area (Å²) in [7, 11) is -2.24. The van der Waals surface area contributed by atoms with E-state index in [1.54, 1.807) is 18.2 Å². The van der Waals surface area contributed by atoms with Gasteiger partial charge in [0.2, 0.25) is 0 Å². The second-order valence-electron chi connectivity index (χ2n) is 9.38. The molecule has 0 N–H and O–H groups in total. The average Bonchev–Trinajstić information content (AvgIpc) is 3.20. The van der Waals surface area contributed by atoms with Gasteiger partial charge in [-0.05, 0) is 65.8 Å². The Kier molecular flexibility index (Phi) is 6.80. The van der Waals surface area contributed by atoms with Crippen LogP contribution in [-0.4, -0.2) is 38.7 Å². The molecule has 38 heavy (non-hydrogen) atoms. The molecule has 5 rings (SSSR count). The van der Waals surface area contributed by atoms with Gasteiger partial charge in [0.25, 0.3) is 21.7 Å². The van der Waals surface area contributed by atoms with E-state index in [2.05, 4.69) is 6.07 Å². The van der Waals surface area contributed by atoms with Gasteiger partial charge in [-0.2, -0.15) is 8.42 Å². The van der Waals surface area contributed by atoms with Crippen molar-refractivity contribution in [2.45, 2.75) is 38.5 Å². The van der Waals surface area contributed by atoms with Gasteiger partial charge in [0, 0.05) is 29.4 Å². The fourth-order valence-electron chi connectivity index (χ4n) is 5.05. The van der Waals surface area contributed by atoms with Gasteiger partial charge < -0.3 is 14.4 Å². The van der Waals surface area contributed by atoms with Crippen molar-refractivity contribution in [3.63, 3.8) is 0 Å². The number of nitrogens with zero attached hydrogens (tertiary/aromatic N) is 2. The van der Waals surface area contributed by atoms with Crippen LogP contribution >= 0.6 is 0 Å². The number of ether oxygens (including phenoxy) is 2. The van der Waals surface area contributed by atoms with Gasteiger partial charge >= 0.3 is 0 Å². The van der Waals surface area contributed by atoms with E-state index in [-0.39, 0.29) is 30.9 Å². The van der Waals surface area contributed by atoms with Crippen LogP contribution < -0.4 is 14.4 Å². The lowest BCUT2D eigenvalue weighted by Crippen LogP contribution is -2.36. The smallest absolute Gasteiger partial charge is 0.270 e. The van der Waals surface area contributed by atoms with Crippen LogP contribution in [0, 0.1) is 10.1 Å². The number of carbonyl (C=O) groups excluding carboxylic acids is 1. The lowest BCUT2D eigenvalue weighted by molar-refractivity contribution is -0.385. The van der Waals surface area contributed by atoms with Crippen molar-refractivity contribution >= 4 is 27.4 Å². The van der Waals surface area contributed by atoms with Gasteiger partial charge in [0.05, 0.1) is 24.9 Å². The molecule has 0 saturated carbocycles. The van der Waals surface area contributed by atoms with Gasteiger partial charge in [0.15, 0.2) is 11.5 Å². The molecule has 3 aromatic rings. The Bertz CT molecular complexity index is 1540. The molecule has 2 heterocycles. The van der Waals surface area contributed by atoms with Crippen LogP contribution in [0.25, 0.3) is 0 Å². The molecular formula is C27H26N2O8S. The molecule has 2 aliphatic rings. The van der Waals surface area contributed by atoms with E-state index in [1.165, 1.54) is 24.8 Å². The molecule has 0 radical (unpaired) electrons. The molecule has 0 saturated heterocycles. The number of amides is 1. The quantitative estimate of drug-likeness (QED) is 0.238. The molecule has 0 fully saturated rings. The lowest BCUT2D eigenvalue weighted by atomic mass is 9.99. The molecule has 10 nitrogen and oxygen atoms in total. The van der Waals surface area contributed by atoms with Gasteiger partial charge in [-0.1, -0.05) is 18.2 Å². The first-order valence-electron chi connectivity index (χ1n) is 12.0. The number of carbonyl (C=O) groups is 1. The first kappa shape index (κ1) is 25.7. The molecule has 0 aliphatic carbocycles. The number of aryl methyl sites for hydroxylation is 1. The molecule has 198 valence electrons. The summed E-state index contributed by atoms with van der Waals surface area (Å²) in [6, 6.07) is 15.7. The van der Waals surface area contributed by atoms with E-state index in [9.17, 15) is 23.3 Å². The van der Waals surface area contributed by atoms with Crippen LogP contribution in [0.3, 0.4) is 0 Å². The minimum absolute atomic E-state index is 0.0429. The van der Waals surface area contributed by atoms with Crippen molar-refractivity contribution in [2.75, 3.05) is 18.3 Å². The highest BCUT2D eigenvalue weighted by molar-refractivity contribution is 7.85. The number of hydrogen-bond donors (Lipinski definition) is 0. The molecule has 2 aliphatic heterocycles. The number of nitro groups is 1. The summed E-state index contributed by atoms with van der Waals surface area (Å²) >= 11 is 0. The van der Waals surface area contributed by atoms with E-state index >= 15 is 0 Å². The number of anilines is 1. The Labute approximate surface area is 220 Å². The molecule has 3 aromatic carbocycles. The predicted molar refractivity (Wildman–Crippen MR) is 139 cm³/mol. The number of methoxy groups -OCH3 is 1. The Morgan fingerprint density at radius 1 is 1.03 bits per heavy atom. The third-order valence-corrected chi connectivity index (χ3v) is 7.29. The maximum absolute atomic E-state index is 13.6. The zero-order chi connectivity index (χ0) is 27.0. The third-order valence-electron chi connectivity index (χ3n) is 6.74. The van der Waals surface area contributed by atoms with Crippen molar-refractivity contribution in [1.29, 1.82) is 0 Å². The fraction of sp³-hybridized carbons (Fsp3) is 0.296. The molecular weight excluding hydrogens is 512 g/mol. The van der Waals surface area contributed by atoms with Crippen molar-refractivity contribution in [3.05, 3.63) is 92.5 Å². The van der Waals surface area contributed by atoms with Crippen LogP contribution in [0.1, 0.15) is 39.0 Å². The second kappa shape index (κ2) is 10.1. The topological polar surface area (TPSA) is 125 Å². The lowest BCUT2D eigenvalue weighted by Gasteiger charge is -2.23. The summed E-state index contributed by atoms with van der Waals surface area (Å²) in [6.07, 6.45) is 3.20.